The van der Waals surface area contributed by atoms with Crippen molar-refractivity contribution in [2.24, 2.45) is 11.1 Å². The summed E-state index contributed by atoms with van der Waals surface area (Å²) in [5.41, 5.74) is 7.97. The topological polar surface area (TPSA) is 67.6 Å². The van der Waals surface area contributed by atoms with Crippen molar-refractivity contribution in [3.63, 3.8) is 0 Å². The molecule has 90 valence electrons. The van der Waals surface area contributed by atoms with Gasteiger partial charge in [0.05, 0.1) is 18.2 Å². The molecule has 2 rings (SSSR count). The van der Waals surface area contributed by atoms with E-state index in [2.05, 4.69) is 5.43 Å². The number of nitrogens with two attached hydrogens (primary N) is 1. The number of morpholine rings is 1. The van der Waals surface area contributed by atoms with E-state index in [1.165, 1.54) is 0 Å². The summed E-state index contributed by atoms with van der Waals surface area (Å²) in [5.74, 6) is -0.0480. The Morgan fingerprint density at radius 2 is 2.00 bits per heavy atom. The normalized spacial score (nSPS) is 24.5. The summed E-state index contributed by atoms with van der Waals surface area (Å²) < 4.78 is 5.21. The van der Waals surface area contributed by atoms with Crippen LogP contribution in [-0.4, -0.2) is 42.2 Å². The van der Waals surface area contributed by atoms with Crippen LogP contribution in [0.5, 0.6) is 0 Å². The Hall–Kier alpha value is -0.720. The molecule has 5 nitrogen and oxygen atoms in total. The molecule has 0 aromatic carbocycles. The minimum absolute atomic E-state index is 0.0480. The Kier molecular flexibility index (Phi) is 3.41. The third-order valence-electron chi connectivity index (χ3n) is 3.38. The molecule has 0 bridgehead atoms. The van der Waals surface area contributed by atoms with Gasteiger partial charge < -0.3 is 10.5 Å². The predicted molar refractivity (Wildman–Crippen MR) is 63.6 cm³/mol. The summed E-state index contributed by atoms with van der Waals surface area (Å²) in [4.78, 5) is 12.4. The zero-order valence-electron chi connectivity index (χ0n) is 9.20. The summed E-state index contributed by atoms with van der Waals surface area (Å²) in [7, 11) is 0. The van der Waals surface area contributed by atoms with E-state index in [-0.39, 0.29) is 5.91 Å². The molecule has 1 saturated carbocycles. The van der Waals surface area contributed by atoms with Crippen molar-refractivity contribution in [3.05, 3.63) is 0 Å². The van der Waals surface area contributed by atoms with E-state index in [1.54, 1.807) is 0 Å². The second-order valence-corrected chi connectivity index (χ2v) is 4.78. The van der Waals surface area contributed by atoms with Crippen LogP contribution >= 0.6 is 12.2 Å². The lowest BCUT2D eigenvalue weighted by Crippen LogP contribution is -2.58. The highest BCUT2D eigenvalue weighted by Crippen LogP contribution is 2.41. The summed E-state index contributed by atoms with van der Waals surface area (Å²) in [6.45, 7) is 2.75. The molecule has 1 amide bonds. The van der Waals surface area contributed by atoms with Gasteiger partial charge in [0.15, 0.2) is 0 Å². The lowest BCUT2D eigenvalue weighted by molar-refractivity contribution is -0.138. The fraction of sp³-hybridized carbons (Fsp3) is 0.800. The Balaban J connectivity index is 1.93. The first-order valence-electron chi connectivity index (χ1n) is 5.59. The largest absolute Gasteiger partial charge is 0.392 e. The van der Waals surface area contributed by atoms with Gasteiger partial charge in [0.2, 0.25) is 5.91 Å². The van der Waals surface area contributed by atoms with E-state index in [1.807, 2.05) is 5.01 Å². The molecule has 3 N–H and O–H groups in total. The Labute approximate surface area is 100 Å². The number of carbonyl (C=O) groups excluding carboxylic acids is 1. The maximum atomic E-state index is 12.1. The number of nitrogens with zero attached hydrogens (tertiary/aromatic N) is 1. The van der Waals surface area contributed by atoms with Crippen molar-refractivity contribution in [1.82, 2.24) is 10.4 Å². The van der Waals surface area contributed by atoms with Gasteiger partial charge in [0, 0.05) is 13.1 Å². The lowest BCUT2D eigenvalue weighted by atomic mass is 9.68. The number of nitrogens with one attached hydrogen (secondary N) is 1. The number of rotatable bonds is 3. The molecule has 0 atom stereocenters. The molecule has 1 heterocycles. The van der Waals surface area contributed by atoms with E-state index in [0.717, 1.165) is 32.4 Å². The lowest BCUT2D eigenvalue weighted by Gasteiger charge is -2.41. The first-order chi connectivity index (χ1) is 7.65. The SMILES string of the molecule is NC(=S)C1(C(=O)NN2CCOCC2)CCC1. The Bertz CT molecular complexity index is 298. The van der Waals surface area contributed by atoms with Gasteiger partial charge in [-0.1, -0.05) is 18.6 Å². The van der Waals surface area contributed by atoms with Gasteiger partial charge in [-0.3, -0.25) is 10.2 Å². The molecule has 2 fully saturated rings. The fourth-order valence-corrected chi connectivity index (χ4v) is 2.34. The summed E-state index contributed by atoms with van der Waals surface area (Å²) >= 11 is 5.00. The number of hydrogen-bond acceptors (Lipinski definition) is 4. The number of amides is 1. The molecular formula is C10H17N3O2S. The zero-order chi connectivity index (χ0) is 11.6. The molecule has 0 aromatic heterocycles. The number of hydrazine groups is 1. The number of ether oxygens (including phenoxy) is 1. The van der Waals surface area contributed by atoms with Gasteiger partial charge in [0.1, 0.15) is 5.41 Å². The molecule has 6 heteroatoms. The minimum Gasteiger partial charge on any atom is -0.392 e. The smallest absolute Gasteiger partial charge is 0.247 e. The van der Waals surface area contributed by atoms with Crippen LogP contribution in [0, 0.1) is 5.41 Å². The molecule has 0 aromatic rings. The van der Waals surface area contributed by atoms with Gasteiger partial charge in [0.25, 0.3) is 0 Å². The highest BCUT2D eigenvalue weighted by Gasteiger charge is 2.47. The molecule has 0 spiro atoms. The zero-order valence-corrected chi connectivity index (χ0v) is 10.0. The average Bonchev–Trinajstić information content (AvgIpc) is 2.16. The number of thiocarbonyl (C=S) groups is 1. The monoisotopic (exact) mass is 243 g/mol. The average molecular weight is 243 g/mol. The standard InChI is InChI=1S/C10H17N3O2S/c11-8(16)10(2-1-3-10)9(14)12-13-4-6-15-7-5-13/h1-7H2,(H2,11,16)(H,12,14). The Morgan fingerprint density at radius 3 is 2.44 bits per heavy atom. The molecule has 0 unspecified atom stereocenters. The molecule has 0 radical (unpaired) electrons. The maximum Gasteiger partial charge on any atom is 0.247 e. The van der Waals surface area contributed by atoms with Crippen LogP contribution in [0.1, 0.15) is 19.3 Å². The van der Waals surface area contributed by atoms with Gasteiger partial charge in [-0.25, -0.2) is 5.01 Å². The second-order valence-electron chi connectivity index (χ2n) is 4.34. The van der Waals surface area contributed by atoms with Crippen molar-refractivity contribution < 1.29 is 9.53 Å². The van der Waals surface area contributed by atoms with Crippen LogP contribution in [-0.2, 0) is 9.53 Å². The molecule has 1 saturated heterocycles. The van der Waals surface area contributed by atoms with Crippen molar-refractivity contribution in [2.45, 2.75) is 19.3 Å². The molecule has 1 aliphatic heterocycles. The van der Waals surface area contributed by atoms with E-state index in [4.69, 9.17) is 22.7 Å². The van der Waals surface area contributed by atoms with Gasteiger partial charge >= 0.3 is 0 Å². The first-order valence-corrected chi connectivity index (χ1v) is 6.00. The van der Waals surface area contributed by atoms with E-state index >= 15 is 0 Å². The van der Waals surface area contributed by atoms with Crippen LogP contribution in [0.4, 0.5) is 0 Å². The van der Waals surface area contributed by atoms with Crippen molar-refractivity contribution in [3.8, 4) is 0 Å². The van der Waals surface area contributed by atoms with Gasteiger partial charge in [-0.15, -0.1) is 0 Å². The van der Waals surface area contributed by atoms with Crippen molar-refractivity contribution in [1.29, 1.82) is 0 Å². The van der Waals surface area contributed by atoms with E-state index < -0.39 is 5.41 Å². The summed E-state index contributed by atoms with van der Waals surface area (Å²) in [5, 5.41) is 1.88. The Morgan fingerprint density at radius 1 is 1.38 bits per heavy atom. The maximum absolute atomic E-state index is 12.1. The minimum atomic E-state index is -0.590. The molecule has 1 aliphatic carbocycles. The van der Waals surface area contributed by atoms with E-state index in [9.17, 15) is 4.79 Å². The molecule has 2 aliphatic rings. The van der Waals surface area contributed by atoms with Crippen LogP contribution in [0.25, 0.3) is 0 Å². The van der Waals surface area contributed by atoms with Crippen LogP contribution in [0.2, 0.25) is 0 Å². The van der Waals surface area contributed by atoms with Crippen molar-refractivity contribution in [2.75, 3.05) is 26.3 Å². The van der Waals surface area contributed by atoms with Crippen LogP contribution in [0.15, 0.2) is 0 Å². The fourth-order valence-electron chi connectivity index (χ4n) is 2.04. The van der Waals surface area contributed by atoms with Gasteiger partial charge in [-0.2, -0.15) is 0 Å². The first kappa shape index (κ1) is 11.8. The predicted octanol–water partition coefficient (Wildman–Crippen LogP) is -0.194. The number of carbonyl (C=O) groups is 1. The quantitative estimate of drug-likeness (QED) is 0.672. The summed E-state index contributed by atoms with van der Waals surface area (Å²) in [6, 6.07) is 0. The van der Waals surface area contributed by atoms with Gasteiger partial charge in [-0.05, 0) is 12.8 Å². The third-order valence-corrected chi connectivity index (χ3v) is 3.77. The van der Waals surface area contributed by atoms with E-state index in [0.29, 0.717) is 18.2 Å². The number of hydrogen-bond donors (Lipinski definition) is 2. The van der Waals surface area contributed by atoms with Crippen molar-refractivity contribution >= 4 is 23.1 Å². The highest BCUT2D eigenvalue weighted by atomic mass is 32.1. The van der Waals surface area contributed by atoms with Crippen LogP contribution < -0.4 is 11.2 Å². The summed E-state index contributed by atoms with van der Waals surface area (Å²) in [6.07, 6.45) is 2.57. The molecular weight excluding hydrogens is 226 g/mol. The highest BCUT2D eigenvalue weighted by molar-refractivity contribution is 7.80. The molecule has 16 heavy (non-hydrogen) atoms. The second kappa shape index (κ2) is 4.65. The van der Waals surface area contributed by atoms with Crippen LogP contribution in [0.3, 0.4) is 0 Å². The third kappa shape index (κ3) is 2.05.